The number of amidine groups is 1. The third-order valence-electron chi connectivity index (χ3n) is 5.04. The molecule has 9 heteroatoms. The molecule has 0 saturated carbocycles. The molecule has 0 amide bonds. The fourth-order valence-electron chi connectivity index (χ4n) is 3.32. The van der Waals surface area contributed by atoms with E-state index in [-0.39, 0.29) is 22.2 Å². The number of nitrogens with zero attached hydrogens (tertiary/aromatic N) is 3. The molecule has 1 saturated heterocycles. The van der Waals surface area contributed by atoms with Crippen molar-refractivity contribution in [3.05, 3.63) is 59.7 Å². The van der Waals surface area contributed by atoms with E-state index in [1.165, 1.54) is 16.4 Å². The first-order valence-corrected chi connectivity index (χ1v) is 12.1. The molecule has 7 nitrogen and oxygen atoms in total. The smallest absolute Gasteiger partial charge is 0.283 e. The van der Waals surface area contributed by atoms with Crippen LogP contribution in [0.3, 0.4) is 0 Å². The van der Waals surface area contributed by atoms with Crippen molar-refractivity contribution in [3.8, 4) is 0 Å². The van der Waals surface area contributed by atoms with E-state index in [1.807, 2.05) is 13.8 Å². The first kappa shape index (κ1) is 21.5. The van der Waals surface area contributed by atoms with E-state index in [0.717, 1.165) is 11.1 Å². The minimum Gasteiger partial charge on any atom is -0.342 e. The molecule has 29 heavy (non-hydrogen) atoms. The fourth-order valence-corrected chi connectivity index (χ4v) is 5.95. The van der Waals surface area contributed by atoms with E-state index in [4.69, 9.17) is 0 Å². The molecular formula is C20H25N3O4S2. The topological polar surface area (TPSA) is 87.1 Å². The maximum atomic E-state index is 13.0. The highest BCUT2D eigenvalue weighted by Crippen LogP contribution is 2.25. The van der Waals surface area contributed by atoms with Crippen molar-refractivity contribution in [2.45, 2.75) is 43.7 Å². The minimum atomic E-state index is -3.87. The zero-order chi connectivity index (χ0) is 21.4. The van der Waals surface area contributed by atoms with Crippen LogP contribution in [0.5, 0.6) is 0 Å². The van der Waals surface area contributed by atoms with Crippen LogP contribution in [0.25, 0.3) is 0 Å². The number of benzene rings is 2. The van der Waals surface area contributed by atoms with Crippen molar-refractivity contribution in [1.29, 1.82) is 0 Å². The van der Waals surface area contributed by atoms with Gasteiger partial charge in [0.2, 0.25) is 10.0 Å². The van der Waals surface area contributed by atoms with Gasteiger partial charge < -0.3 is 4.90 Å². The summed E-state index contributed by atoms with van der Waals surface area (Å²) in [7, 11) is -7.55. The highest BCUT2D eigenvalue weighted by molar-refractivity contribution is 7.90. The lowest BCUT2D eigenvalue weighted by Crippen LogP contribution is -2.41. The maximum absolute atomic E-state index is 13.0. The van der Waals surface area contributed by atoms with Crippen LogP contribution in [0, 0.1) is 13.8 Å². The van der Waals surface area contributed by atoms with Gasteiger partial charge >= 0.3 is 0 Å². The summed E-state index contributed by atoms with van der Waals surface area (Å²) in [5.74, 6) is 0.264. The standard InChI is InChI=1S/C20H25N3O4S2/c1-15-5-9-19(10-6-15)28(24,25)21-17(3)22-13-14-23(18(22)4)29(26,27)20-11-7-16(2)8-12-20/h5-12,18H,13-14H2,1-4H3/b21-17+. The molecule has 0 bridgehead atoms. The van der Waals surface area contributed by atoms with Gasteiger partial charge in [0.05, 0.1) is 16.0 Å². The quantitative estimate of drug-likeness (QED) is 0.544. The van der Waals surface area contributed by atoms with Crippen LogP contribution in [-0.4, -0.2) is 51.1 Å². The predicted octanol–water partition coefficient (Wildman–Crippen LogP) is 2.76. The number of aryl methyl sites for hydroxylation is 2. The Bertz CT molecular complexity index is 1120. The predicted molar refractivity (Wildman–Crippen MR) is 113 cm³/mol. The van der Waals surface area contributed by atoms with E-state index < -0.39 is 26.2 Å². The molecule has 1 fully saturated rings. The van der Waals surface area contributed by atoms with E-state index in [2.05, 4.69) is 4.40 Å². The highest BCUT2D eigenvalue weighted by atomic mass is 32.2. The molecule has 2 aromatic carbocycles. The van der Waals surface area contributed by atoms with E-state index in [0.29, 0.717) is 6.54 Å². The third kappa shape index (κ3) is 4.36. The van der Waals surface area contributed by atoms with Crippen LogP contribution >= 0.6 is 0 Å². The van der Waals surface area contributed by atoms with Gasteiger partial charge in [-0.1, -0.05) is 35.4 Å². The summed E-state index contributed by atoms with van der Waals surface area (Å²) in [6.45, 7) is 7.71. The Hall–Kier alpha value is -2.23. The molecular weight excluding hydrogens is 410 g/mol. The molecule has 1 unspecified atom stereocenters. The molecule has 1 aliphatic rings. The molecule has 1 atom stereocenters. The Morgan fingerprint density at radius 3 is 1.86 bits per heavy atom. The van der Waals surface area contributed by atoms with Crippen molar-refractivity contribution in [3.63, 3.8) is 0 Å². The largest absolute Gasteiger partial charge is 0.342 e. The van der Waals surface area contributed by atoms with Gasteiger partial charge in [-0.2, -0.15) is 12.7 Å². The summed E-state index contributed by atoms with van der Waals surface area (Å²) in [5, 5.41) is 0. The summed E-state index contributed by atoms with van der Waals surface area (Å²) in [6.07, 6.45) is -0.543. The van der Waals surface area contributed by atoms with E-state index >= 15 is 0 Å². The lowest BCUT2D eigenvalue weighted by atomic mass is 10.2. The van der Waals surface area contributed by atoms with Crippen LogP contribution in [-0.2, 0) is 20.0 Å². The van der Waals surface area contributed by atoms with Crippen molar-refractivity contribution in [2.24, 2.45) is 4.40 Å². The monoisotopic (exact) mass is 435 g/mol. The second-order valence-corrected chi connectivity index (χ2v) is 10.7. The lowest BCUT2D eigenvalue weighted by molar-refractivity contribution is 0.301. The highest BCUT2D eigenvalue weighted by Gasteiger charge is 2.38. The number of sulfonamides is 2. The van der Waals surface area contributed by atoms with Gasteiger partial charge in [-0.05, 0) is 52.0 Å². The summed E-state index contributed by atoms with van der Waals surface area (Å²) in [6, 6.07) is 13.1. The second kappa shape index (κ2) is 7.89. The Morgan fingerprint density at radius 1 is 0.862 bits per heavy atom. The van der Waals surface area contributed by atoms with Crippen molar-refractivity contribution < 1.29 is 16.8 Å². The van der Waals surface area contributed by atoms with Crippen LogP contribution in [0.15, 0.2) is 62.7 Å². The molecule has 156 valence electrons. The average Bonchev–Trinajstić information content (AvgIpc) is 3.04. The van der Waals surface area contributed by atoms with Gasteiger partial charge in [0.15, 0.2) is 0 Å². The van der Waals surface area contributed by atoms with Crippen LogP contribution in [0.4, 0.5) is 0 Å². The molecule has 0 aliphatic carbocycles. The molecule has 3 rings (SSSR count). The summed E-state index contributed by atoms with van der Waals surface area (Å²) in [4.78, 5) is 2.02. The first-order valence-electron chi connectivity index (χ1n) is 9.26. The molecule has 0 N–H and O–H groups in total. The molecule has 0 aromatic heterocycles. The van der Waals surface area contributed by atoms with Gasteiger partial charge in [-0.15, -0.1) is 4.40 Å². The van der Waals surface area contributed by atoms with Gasteiger partial charge in [0, 0.05) is 13.1 Å². The van der Waals surface area contributed by atoms with Crippen molar-refractivity contribution in [1.82, 2.24) is 9.21 Å². The van der Waals surface area contributed by atoms with Gasteiger partial charge in [-0.3, -0.25) is 0 Å². The lowest BCUT2D eigenvalue weighted by Gasteiger charge is -2.27. The van der Waals surface area contributed by atoms with Crippen LogP contribution in [0.2, 0.25) is 0 Å². The number of hydrogen-bond acceptors (Lipinski definition) is 4. The first-order chi connectivity index (χ1) is 13.5. The molecule has 0 spiro atoms. The van der Waals surface area contributed by atoms with E-state index in [1.54, 1.807) is 55.1 Å². The Kier molecular flexibility index (Phi) is 5.84. The second-order valence-electron chi connectivity index (χ2n) is 7.18. The molecule has 1 aliphatic heterocycles. The third-order valence-corrected chi connectivity index (χ3v) is 8.39. The Labute approximate surface area is 172 Å². The molecule has 1 heterocycles. The van der Waals surface area contributed by atoms with Crippen LogP contribution < -0.4 is 0 Å². The normalized spacial score (nSPS) is 19.0. The van der Waals surface area contributed by atoms with Gasteiger partial charge in [0.25, 0.3) is 10.0 Å². The van der Waals surface area contributed by atoms with Crippen molar-refractivity contribution in [2.75, 3.05) is 13.1 Å². The molecule has 0 radical (unpaired) electrons. The SMILES string of the molecule is C/C(=N\S(=O)(=O)c1ccc(C)cc1)N1CCN(S(=O)(=O)c2ccc(C)cc2)C1C. The van der Waals surface area contributed by atoms with Gasteiger partial charge in [0.1, 0.15) is 5.84 Å². The van der Waals surface area contributed by atoms with Gasteiger partial charge in [-0.25, -0.2) is 8.42 Å². The van der Waals surface area contributed by atoms with Crippen molar-refractivity contribution >= 4 is 25.9 Å². The summed E-state index contributed by atoms with van der Waals surface area (Å²) < 4.78 is 56.5. The number of rotatable bonds is 4. The average molecular weight is 436 g/mol. The fraction of sp³-hybridized carbons (Fsp3) is 0.350. The number of hydrogen-bond donors (Lipinski definition) is 0. The zero-order valence-corrected chi connectivity index (χ0v) is 18.5. The maximum Gasteiger partial charge on any atom is 0.283 e. The molecule has 2 aromatic rings. The van der Waals surface area contributed by atoms with E-state index in [9.17, 15) is 16.8 Å². The minimum absolute atomic E-state index is 0.110. The zero-order valence-electron chi connectivity index (χ0n) is 16.9. The van der Waals surface area contributed by atoms with Crippen LogP contribution in [0.1, 0.15) is 25.0 Å². The summed E-state index contributed by atoms with van der Waals surface area (Å²) >= 11 is 0. The summed E-state index contributed by atoms with van der Waals surface area (Å²) in [5.41, 5.74) is 1.93. The Balaban J connectivity index is 1.85. The Morgan fingerprint density at radius 2 is 1.34 bits per heavy atom.